The van der Waals surface area contributed by atoms with Crippen molar-refractivity contribution in [2.75, 3.05) is 50.9 Å². The lowest BCUT2D eigenvalue weighted by Gasteiger charge is -2.29. The molecule has 0 aliphatic carbocycles. The average Bonchev–Trinajstić information content (AvgIpc) is 1.28. The highest BCUT2D eigenvalue weighted by molar-refractivity contribution is 8.00. The Morgan fingerprint density at radius 2 is 0.786 bits per heavy atom. The molecule has 4 aromatic carbocycles. The van der Waals surface area contributed by atoms with Crippen LogP contribution in [0, 0.1) is 23.2 Å². The van der Waals surface area contributed by atoms with E-state index in [1.54, 1.807) is 41.5 Å². The normalized spacial score (nSPS) is 22.6. The number of H-pyrrole nitrogens is 1. The number of carbonyl (C=O) groups excluding carboxylic acids is 16. The second-order valence-electron chi connectivity index (χ2n) is 31.1. The number of primary amides is 1. The third kappa shape index (κ3) is 35.3. The van der Waals surface area contributed by atoms with Crippen LogP contribution in [-0.4, -0.2) is 264 Å². The number of hydrogen-bond acceptors (Lipinski definition) is 25. The number of rotatable bonds is 24. The van der Waals surface area contributed by atoms with Gasteiger partial charge in [-0.15, -0.1) is 11.8 Å². The number of nitrogens with one attached hydrogen (secondary N) is 18. The molecule has 1 aliphatic rings. The molecule has 12 atom stereocenters. The first-order valence-electron chi connectivity index (χ1n) is 40.5. The van der Waals surface area contributed by atoms with Crippen LogP contribution in [-0.2, 0) is 109 Å². The van der Waals surface area contributed by atoms with Gasteiger partial charge in [-0.05, 0) is 114 Å². The predicted octanol–water partition coefficient (Wildman–Crippen LogP) is -5.86. The number of imidazole rings is 1. The zero-order valence-corrected chi connectivity index (χ0v) is 71.1. The van der Waals surface area contributed by atoms with E-state index < -0.39 is 236 Å². The summed E-state index contributed by atoms with van der Waals surface area (Å²) >= 11 is 0.742. The number of hydrogen-bond donors (Lipinski definition) is 26. The van der Waals surface area contributed by atoms with Gasteiger partial charge in [0.2, 0.25) is 94.5 Å². The number of aliphatic hydroxyl groups is 2. The lowest BCUT2D eigenvalue weighted by atomic mass is 9.99. The minimum absolute atomic E-state index is 0.0360. The molecular formula is C82H113N21O22S. The number of phenolic OH excluding ortho intramolecular Hbond substituents is 4. The van der Waals surface area contributed by atoms with E-state index >= 15 is 14.4 Å². The number of amides is 16. The molecule has 5 aromatic rings. The van der Waals surface area contributed by atoms with Crippen molar-refractivity contribution in [3.8, 4) is 23.0 Å². The highest BCUT2D eigenvalue weighted by atomic mass is 32.2. The minimum atomic E-state index is -1.91. The second kappa shape index (κ2) is 50.8. The number of aromatic nitrogens is 2. The molecule has 0 unspecified atom stereocenters. The molecule has 1 saturated heterocycles. The summed E-state index contributed by atoms with van der Waals surface area (Å²) in [5, 5.41) is 110. The standard InChI is InChI=1S/C82H113N21O22S/c1-42(2)26-55-70(114)89-36-67(112)94-64(72(116)88-34-65(83)110)39-126-40-68(113)92-58(29-46-11-19-51(107)20-12-46)75(119)100-61(32-49-33-86-41-91-49)78(122)103-69(44(5)6)81(125)101-60(31-48-15-23-53(109)24-16-48)77(121)99-59(30-47-13-21-52(108)22-14-47)76(120)95-54(8-7-25-87-82(84)85)73(117)102-63(38-105)80(124)97-56(27-43(3)4)74(118)98-57(28-45-9-17-50(106)18-10-45)71(115)90-35-66(111)93-62(37-104)79(123)96-55/h9-24,33,41-44,54-64,69,104-109H,7-8,25-32,34-40H2,1-6H3,(H2,83,110)(H,86,91)(H,88,116)(H,89,114)(H,90,115)(H,92,113)(H,93,111)(H,94,112)(H,95,120)(H,96,123)(H,97,124)(H,98,118)(H,99,121)(H,100,119)(H,101,125)(H,102,117)(H,103,122)(H4,84,85,87)/t54-,55-,56-,57-,58-,59-,60-,61-,62-,63-,64-,69-/m0/s1. The van der Waals surface area contributed by atoms with E-state index in [-0.39, 0.29) is 92.5 Å². The number of carbonyl (C=O) groups is 16. The number of nitrogens with zero attached hydrogens (tertiary/aromatic N) is 1. The van der Waals surface area contributed by atoms with Crippen LogP contribution < -0.4 is 96.5 Å². The summed E-state index contributed by atoms with van der Waals surface area (Å²) in [6.45, 7) is 5.01. The number of phenols is 4. The maximum atomic E-state index is 15.2. The highest BCUT2D eigenvalue weighted by Gasteiger charge is 2.39. The van der Waals surface area contributed by atoms with Gasteiger partial charge in [0.1, 0.15) is 95.5 Å². The Kier molecular flexibility index (Phi) is 40.8. The molecule has 44 heteroatoms. The minimum Gasteiger partial charge on any atom is -0.508 e. The van der Waals surface area contributed by atoms with Crippen molar-refractivity contribution >= 4 is 112 Å². The van der Waals surface area contributed by atoms with Crippen LogP contribution in [0.2, 0.25) is 0 Å². The maximum Gasteiger partial charge on any atom is 0.245 e. The fraction of sp³-hybridized carbons (Fsp3) is 0.463. The van der Waals surface area contributed by atoms with Gasteiger partial charge in [0.05, 0.1) is 44.9 Å². The topological polar surface area (TPSA) is 692 Å². The van der Waals surface area contributed by atoms with Crippen LogP contribution in [0.3, 0.4) is 0 Å². The van der Waals surface area contributed by atoms with Crippen LogP contribution in [0.4, 0.5) is 0 Å². The van der Waals surface area contributed by atoms with Crippen LogP contribution >= 0.6 is 11.8 Å². The van der Waals surface area contributed by atoms with Gasteiger partial charge in [0.25, 0.3) is 0 Å². The van der Waals surface area contributed by atoms with Gasteiger partial charge >= 0.3 is 0 Å². The third-order valence-corrected chi connectivity index (χ3v) is 20.4. The number of nitrogens with two attached hydrogens (primary N) is 2. The van der Waals surface area contributed by atoms with Crippen LogP contribution in [0.15, 0.2) is 110 Å². The van der Waals surface area contributed by atoms with Crippen LogP contribution in [0.5, 0.6) is 23.0 Å². The molecule has 43 nitrogen and oxygen atoms in total. The van der Waals surface area contributed by atoms with Gasteiger partial charge in [-0.3, -0.25) is 82.1 Å². The fourth-order valence-electron chi connectivity index (χ4n) is 12.7. The Hall–Kier alpha value is -13.7. The van der Waals surface area contributed by atoms with E-state index in [1.807, 2.05) is 0 Å². The summed E-state index contributed by atoms with van der Waals surface area (Å²) in [4.78, 5) is 235. The predicted molar refractivity (Wildman–Crippen MR) is 455 cm³/mol. The van der Waals surface area contributed by atoms with Gasteiger partial charge in [-0.2, -0.15) is 0 Å². The van der Waals surface area contributed by atoms with E-state index in [0.717, 1.165) is 11.8 Å². The molecule has 1 aliphatic heterocycles. The molecule has 2 heterocycles. The molecule has 6 rings (SSSR count). The van der Waals surface area contributed by atoms with E-state index in [1.165, 1.54) is 110 Å². The average molecular weight is 1780 g/mol. The summed E-state index contributed by atoms with van der Waals surface area (Å²) < 4.78 is 0. The van der Waals surface area contributed by atoms with Gasteiger partial charge in [0.15, 0.2) is 5.96 Å². The zero-order chi connectivity index (χ0) is 92.9. The van der Waals surface area contributed by atoms with Crippen molar-refractivity contribution in [3.05, 3.63) is 138 Å². The Morgan fingerprint density at radius 1 is 0.437 bits per heavy atom. The van der Waals surface area contributed by atoms with Crippen molar-refractivity contribution in [1.82, 2.24) is 95.0 Å². The molecule has 126 heavy (non-hydrogen) atoms. The Bertz CT molecular complexity index is 4570. The number of aromatic hydroxyl groups is 4. The van der Waals surface area contributed by atoms with Crippen molar-refractivity contribution < 1.29 is 107 Å². The van der Waals surface area contributed by atoms with Gasteiger partial charge < -0.3 is 132 Å². The number of aromatic amines is 1. The van der Waals surface area contributed by atoms with E-state index in [2.05, 4.69) is 95.0 Å². The van der Waals surface area contributed by atoms with Crippen LogP contribution in [0.1, 0.15) is 95.2 Å². The molecule has 1 aromatic heterocycles. The molecule has 0 bridgehead atoms. The highest BCUT2D eigenvalue weighted by Crippen LogP contribution is 2.20. The molecule has 0 radical (unpaired) electrons. The Balaban J connectivity index is 1.42. The molecule has 0 spiro atoms. The molecule has 0 saturated carbocycles. The second-order valence-corrected chi connectivity index (χ2v) is 32.1. The fourth-order valence-corrected chi connectivity index (χ4v) is 13.6. The van der Waals surface area contributed by atoms with E-state index in [4.69, 9.17) is 16.9 Å². The van der Waals surface area contributed by atoms with E-state index in [0.29, 0.717) is 22.3 Å². The van der Waals surface area contributed by atoms with Crippen LogP contribution in [0.25, 0.3) is 0 Å². The van der Waals surface area contributed by atoms with Crippen molar-refractivity contribution in [3.63, 3.8) is 0 Å². The smallest absolute Gasteiger partial charge is 0.245 e. The van der Waals surface area contributed by atoms with E-state index in [9.17, 15) is 93.0 Å². The monoisotopic (exact) mass is 1780 g/mol. The Morgan fingerprint density at radius 3 is 1.21 bits per heavy atom. The zero-order valence-electron chi connectivity index (χ0n) is 70.3. The molecular weight excluding hydrogens is 1660 g/mol. The molecule has 1 fully saturated rings. The van der Waals surface area contributed by atoms with Gasteiger partial charge in [-0.25, -0.2) is 4.98 Å². The number of aliphatic hydroxyl groups excluding tert-OH is 2. The molecule has 684 valence electrons. The summed E-state index contributed by atoms with van der Waals surface area (Å²) in [5.41, 5.74) is 12.5. The van der Waals surface area contributed by atoms with Crippen molar-refractivity contribution in [2.24, 2.45) is 29.2 Å². The summed E-state index contributed by atoms with van der Waals surface area (Å²) in [5.74, 6) is -20.2. The SMILES string of the molecule is CC(C)C[C@@H]1NC(=O)[C@H](CO)NC(=O)CNC(=O)[C@H](Cc2ccc(O)cc2)NC(=O)[C@H](CC(C)C)NC(=O)[C@H](CO)NC(=O)[C@H](CCCNC(=N)N)NC(=O)[C@H](Cc2ccc(O)cc2)NC(=O)[C@H](Cc2ccc(O)cc2)NC(=O)[C@H](C(C)C)NC(=O)[C@H](Cc2cnc[nH]2)NC(=O)[C@H](Cc2ccc(O)cc2)NC(=O)CSC[C@@H](C(=O)NCC(N)=O)NC(=O)CNC1=O. The third-order valence-electron chi connectivity index (χ3n) is 19.3. The molecule has 28 N–H and O–H groups in total. The number of guanidine groups is 1. The van der Waals surface area contributed by atoms with Crippen molar-refractivity contribution in [1.29, 1.82) is 5.41 Å². The quantitative estimate of drug-likeness (QED) is 0.0155. The largest absolute Gasteiger partial charge is 0.508 e. The Labute approximate surface area is 729 Å². The summed E-state index contributed by atoms with van der Waals surface area (Å²) in [6, 6.07) is 2.07. The number of thioether (sulfide) groups is 1. The first-order valence-corrected chi connectivity index (χ1v) is 41.6. The van der Waals surface area contributed by atoms with Gasteiger partial charge in [-0.1, -0.05) is 90.1 Å². The first-order chi connectivity index (χ1) is 59.8. The van der Waals surface area contributed by atoms with Gasteiger partial charge in [0, 0.05) is 56.3 Å². The maximum absolute atomic E-state index is 15.2. The lowest BCUT2D eigenvalue weighted by Crippen LogP contribution is -2.62. The first kappa shape index (κ1) is 101. The molecule has 16 amide bonds. The summed E-state index contributed by atoms with van der Waals surface area (Å²) in [6.07, 6.45) is 0.289. The van der Waals surface area contributed by atoms with Crippen molar-refractivity contribution in [2.45, 2.75) is 172 Å². The number of benzene rings is 4. The lowest BCUT2D eigenvalue weighted by molar-refractivity contribution is -0.136. The summed E-state index contributed by atoms with van der Waals surface area (Å²) in [7, 11) is 0.